The van der Waals surface area contributed by atoms with Crippen molar-refractivity contribution in [1.29, 1.82) is 0 Å². The first-order valence-corrected chi connectivity index (χ1v) is 12.2. The number of piperidine rings is 1. The van der Waals surface area contributed by atoms with E-state index in [1.165, 1.54) is 16.0 Å². The first kappa shape index (κ1) is 22.4. The van der Waals surface area contributed by atoms with Gasteiger partial charge in [0.1, 0.15) is 12.6 Å². The van der Waals surface area contributed by atoms with Crippen LogP contribution in [-0.4, -0.2) is 53.2 Å². The van der Waals surface area contributed by atoms with E-state index in [1.54, 1.807) is 0 Å². The van der Waals surface area contributed by atoms with Crippen LogP contribution >= 0.6 is 0 Å². The van der Waals surface area contributed by atoms with Crippen molar-refractivity contribution in [3.05, 3.63) is 59.7 Å². The maximum atomic E-state index is 12.9. The second-order valence-electron chi connectivity index (χ2n) is 9.55. The number of aliphatic carboxylic acids is 1. The molecule has 3 aliphatic rings. The van der Waals surface area contributed by atoms with Crippen LogP contribution in [0.1, 0.15) is 55.6 Å². The summed E-state index contributed by atoms with van der Waals surface area (Å²) in [6.07, 6.45) is 3.58. The van der Waals surface area contributed by atoms with Crippen molar-refractivity contribution in [2.24, 2.45) is 5.92 Å². The molecule has 5 rings (SSSR count). The topological polar surface area (TPSA) is 95.9 Å². The molecule has 0 aromatic heterocycles. The molecule has 1 saturated carbocycles. The predicted molar refractivity (Wildman–Crippen MR) is 126 cm³/mol. The molecule has 7 nitrogen and oxygen atoms in total. The van der Waals surface area contributed by atoms with Crippen molar-refractivity contribution in [3.8, 4) is 11.1 Å². The van der Waals surface area contributed by atoms with Gasteiger partial charge in [-0.3, -0.25) is 4.79 Å². The van der Waals surface area contributed by atoms with Crippen LogP contribution in [0, 0.1) is 5.92 Å². The second kappa shape index (κ2) is 9.49. The molecule has 1 aliphatic heterocycles. The fourth-order valence-corrected chi connectivity index (χ4v) is 5.42. The van der Waals surface area contributed by atoms with E-state index in [0.717, 1.165) is 36.8 Å². The van der Waals surface area contributed by atoms with Crippen molar-refractivity contribution in [2.45, 2.75) is 56.5 Å². The van der Waals surface area contributed by atoms with Crippen LogP contribution in [0.4, 0.5) is 4.79 Å². The first-order valence-electron chi connectivity index (χ1n) is 12.2. The van der Waals surface area contributed by atoms with Crippen LogP contribution in [0.5, 0.6) is 0 Å². The third-order valence-corrected chi connectivity index (χ3v) is 7.34. The summed E-state index contributed by atoms with van der Waals surface area (Å²) in [5.74, 6) is -0.954. The Morgan fingerprint density at radius 3 is 2.24 bits per heavy atom. The van der Waals surface area contributed by atoms with Crippen LogP contribution in [-0.2, 0) is 14.3 Å². The lowest BCUT2D eigenvalue weighted by atomic mass is 9.98. The number of carbonyl (C=O) groups excluding carboxylic acids is 2. The average Bonchev–Trinajstić information content (AvgIpc) is 3.65. The molecule has 0 radical (unpaired) electrons. The van der Waals surface area contributed by atoms with Crippen molar-refractivity contribution < 1.29 is 24.2 Å². The molecule has 2 amide bonds. The fraction of sp³-hybridized carbons (Fsp3) is 0.444. The lowest BCUT2D eigenvalue weighted by Crippen LogP contribution is -2.50. The number of likely N-dealkylation sites (tertiary alicyclic amines) is 1. The number of alkyl carbamates (subject to hydrolysis) is 1. The zero-order chi connectivity index (χ0) is 23.7. The number of amides is 2. The van der Waals surface area contributed by atoms with Crippen molar-refractivity contribution in [3.63, 3.8) is 0 Å². The van der Waals surface area contributed by atoms with Gasteiger partial charge in [0.05, 0.1) is 0 Å². The van der Waals surface area contributed by atoms with Gasteiger partial charge in [-0.1, -0.05) is 48.5 Å². The van der Waals surface area contributed by atoms with Crippen molar-refractivity contribution in [1.82, 2.24) is 10.2 Å². The molecular formula is C27H30N2O5. The highest BCUT2D eigenvalue weighted by Crippen LogP contribution is 2.44. The van der Waals surface area contributed by atoms with Crippen molar-refractivity contribution in [2.75, 3.05) is 13.2 Å². The van der Waals surface area contributed by atoms with E-state index in [1.807, 2.05) is 24.3 Å². The highest BCUT2D eigenvalue weighted by molar-refractivity contribution is 5.84. The number of rotatable bonds is 7. The number of nitrogens with zero attached hydrogens (tertiary/aromatic N) is 1. The van der Waals surface area contributed by atoms with Gasteiger partial charge >= 0.3 is 12.1 Å². The van der Waals surface area contributed by atoms with E-state index >= 15 is 0 Å². The summed E-state index contributed by atoms with van der Waals surface area (Å²) in [6.45, 7) is 0.677. The summed E-state index contributed by atoms with van der Waals surface area (Å²) in [5, 5.41) is 12.4. The van der Waals surface area contributed by atoms with Crippen LogP contribution in [0.25, 0.3) is 11.1 Å². The summed E-state index contributed by atoms with van der Waals surface area (Å²) < 4.78 is 5.67. The Hall–Kier alpha value is -3.35. The minimum atomic E-state index is -0.958. The SMILES string of the molecule is O=C(NC(CC(=O)N1CCCC[C@@H]1C(=O)O)C1CC1)OCC1c2ccccc2-c2ccccc21. The van der Waals surface area contributed by atoms with Crippen LogP contribution in [0.3, 0.4) is 0 Å². The van der Waals surface area contributed by atoms with E-state index in [9.17, 15) is 19.5 Å². The number of carbonyl (C=O) groups is 3. The molecule has 2 aromatic rings. The summed E-state index contributed by atoms with van der Waals surface area (Å²) in [6, 6.07) is 15.3. The Morgan fingerprint density at radius 1 is 0.971 bits per heavy atom. The molecule has 178 valence electrons. The summed E-state index contributed by atoms with van der Waals surface area (Å²) >= 11 is 0. The monoisotopic (exact) mass is 462 g/mol. The maximum Gasteiger partial charge on any atom is 0.407 e. The van der Waals surface area contributed by atoms with Crippen molar-refractivity contribution >= 4 is 18.0 Å². The minimum Gasteiger partial charge on any atom is -0.480 e. The Balaban J connectivity index is 1.21. The lowest BCUT2D eigenvalue weighted by molar-refractivity contribution is -0.152. The number of hydrogen-bond acceptors (Lipinski definition) is 4. The van der Waals surface area contributed by atoms with E-state index in [0.29, 0.717) is 13.0 Å². The third kappa shape index (κ3) is 4.52. The number of benzene rings is 2. The summed E-state index contributed by atoms with van der Waals surface area (Å²) in [5.41, 5.74) is 4.64. The summed E-state index contributed by atoms with van der Waals surface area (Å²) in [7, 11) is 0. The number of hydrogen-bond donors (Lipinski definition) is 2. The first-order chi connectivity index (χ1) is 16.5. The lowest BCUT2D eigenvalue weighted by Gasteiger charge is -2.34. The highest BCUT2D eigenvalue weighted by Gasteiger charge is 2.38. The van der Waals surface area contributed by atoms with Gasteiger partial charge in [-0.15, -0.1) is 0 Å². The van der Waals surface area contributed by atoms with Gasteiger partial charge in [0.2, 0.25) is 5.91 Å². The van der Waals surface area contributed by atoms with Crippen LogP contribution in [0.15, 0.2) is 48.5 Å². The van der Waals surface area contributed by atoms with E-state index in [2.05, 4.69) is 29.6 Å². The van der Waals surface area contributed by atoms with E-state index in [4.69, 9.17) is 4.74 Å². The highest BCUT2D eigenvalue weighted by atomic mass is 16.5. The molecule has 2 fully saturated rings. The number of carboxylic acid groups (broad SMARTS) is 1. The molecule has 0 spiro atoms. The molecule has 0 bridgehead atoms. The molecular weight excluding hydrogens is 432 g/mol. The maximum absolute atomic E-state index is 12.9. The second-order valence-corrected chi connectivity index (χ2v) is 9.55. The molecule has 34 heavy (non-hydrogen) atoms. The zero-order valence-electron chi connectivity index (χ0n) is 19.1. The molecule has 1 saturated heterocycles. The van der Waals surface area contributed by atoms with Gasteiger partial charge in [-0.2, -0.15) is 0 Å². The largest absolute Gasteiger partial charge is 0.480 e. The number of ether oxygens (including phenoxy) is 1. The van der Waals surface area contributed by atoms with Gasteiger partial charge in [-0.25, -0.2) is 9.59 Å². The normalized spacial score (nSPS) is 20.2. The van der Waals surface area contributed by atoms with Gasteiger partial charge in [-0.05, 0) is 60.3 Å². The Morgan fingerprint density at radius 2 is 1.62 bits per heavy atom. The minimum absolute atomic E-state index is 0.0242. The average molecular weight is 463 g/mol. The zero-order valence-corrected chi connectivity index (χ0v) is 19.1. The summed E-state index contributed by atoms with van der Waals surface area (Å²) in [4.78, 5) is 38.7. The Bertz CT molecular complexity index is 1050. The third-order valence-electron chi connectivity index (χ3n) is 7.34. The van der Waals surface area contributed by atoms with Gasteiger partial charge < -0.3 is 20.1 Å². The quantitative estimate of drug-likeness (QED) is 0.644. The Labute approximate surface area is 199 Å². The van der Waals surface area contributed by atoms with Gasteiger partial charge in [0.25, 0.3) is 0 Å². The molecule has 2 aromatic carbocycles. The Kier molecular flexibility index (Phi) is 6.26. The van der Waals surface area contributed by atoms with Gasteiger partial charge in [0, 0.05) is 24.9 Å². The van der Waals surface area contributed by atoms with E-state index in [-0.39, 0.29) is 36.8 Å². The van der Waals surface area contributed by atoms with E-state index < -0.39 is 18.1 Å². The predicted octanol–water partition coefficient (Wildman–Crippen LogP) is 4.16. The molecule has 2 N–H and O–H groups in total. The smallest absolute Gasteiger partial charge is 0.407 e. The number of carboxylic acids is 1. The van der Waals surface area contributed by atoms with Gasteiger partial charge in [0.15, 0.2) is 0 Å². The number of nitrogens with one attached hydrogen (secondary N) is 1. The van der Waals surface area contributed by atoms with Crippen LogP contribution < -0.4 is 5.32 Å². The van der Waals surface area contributed by atoms with Crippen LogP contribution in [0.2, 0.25) is 0 Å². The number of fused-ring (bicyclic) bond motifs is 3. The molecule has 2 aliphatic carbocycles. The molecule has 1 heterocycles. The molecule has 2 atom stereocenters. The molecule has 1 unspecified atom stereocenters. The molecule has 7 heteroatoms. The fourth-order valence-electron chi connectivity index (χ4n) is 5.42. The standard InChI is InChI=1S/C27H30N2O5/c30-25(29-14-6-5-11-24(29)26(31)32)15-23(17-12-13-17)28-27(33)34-16-22-20-9-3-1-7-18(20)19-8-2-4-10-21(19)22/h1-4,7-10,17,22-24H,5-6,11-16H2,(H,28,33)(H,31,32)/t23?,24-/m1/s1.